The van der Waals surface area contributed by atoms with Gasteiger partial charge in [-0.1, -0.05) is 36.8 Å². The van der Waals surface area contributed by atoms with Gasteiger partial charge in [0.2, 0.25) is 11.8 Å². The first-order valence-corrected chi connectivity index (χ1v) is 12.9. The first-order valence-electron chi connectivity index (χ1n) is 12.9. The standard InChI is InChI=1S/C30H27FN4O2/c31-21-7-9-22(10-8-21)35-24-12-11-23(17-20(24)18-33-35)34-25(19-5-2-1-3-6-19)26(29(15-16-29)27(32)36)30(28(34)37)13-4-14-30/h1-3,5-12,17-18,25-26H,4,13-16H2,(H2,32,36)/t25-,26-/m0/s1. The summed E-state index contributed by atoms with van der Waals surface area (Å²) in [6.07, 6.45) is 5.80. The molecule has 3 fully saturated rings. The summed E-state index contributed by atoms with van der Waals surface area (Å²) in [7, 11) is 0. The average molecular weight is 495 g/mol. The van der Waals surface area contributed by atoms with E-state index in [1.807, 2.05) is 41.3 Å². The monoisotopic (exact) mass is 494 g/mol. The number of carbonyl (C=O) groups excluding carboxylic acids is 2. The van der Waals surface area contributed by atoms with Crippen LogP contribution in [0.25, 0.3) is 16.6 Å². The van der Waals surface area contributed by atoms with Crippen LogP contribution in [0.15, 0.2) is 79.0 Å². The van der Waals surface area contributed by atoms with Crippen molar-refractivity contribution in [1.82, 2.24) is 9.78 Å². The van der Waals surface area contributed by atoms with Crippen molar-refractivity contribution in [3.05, 3.63) is 90.4 Å². The van der Waals surface area contributed by atoms with Crippen LogP contribution in [0.2, 0.25) is 0 Å². The van der Waals surface area contributed by atoms with Crippen LogP contribution in [0.3, 0.4) is 0 Å². The molecule has 0 unspecified atom stereocenters. The van der Waals surface area contributed by atoms with E-state index >= 15 is 0 Å². The number of hydrogen-bond donors (Lipinski definition) is 1. The number of anilines is 1. The zero-order valence-electron chi connectivity index (χ0n) is 20.3. The van der Waals surface area contributed by atoms with Crippen LogP contribution in [0.1, 0.15) is 43.7 Å². The van der Waals surface area contributed by atoms with Crippen LogP contribution in [0.4, 0.5) is 10.1 Å². The number of rotatable bonds is 5. The number of carbonyl (C=O) groups is 2. The second-order valence-corrected chi connectivity index (χ2v) is 10.8. The summed E-state index contributed by atoms with van der Waals surface area (Å²) in [4.78, 5) is 29.1. The van der Waals surface area contributed by atoms with Crippen LogP contribution in [0.5, 0.6) is 0 Å². The lowest BCUT2D eigenvalue weighted by molar-refractivity contribution is -0.138. The Bertz CT molecular complexity index is 1540. The molecule has 0 radical (unpaired) electrons. The summed E-state index contributed by atoms with van der Waals surface area (Å²) < 4.78 is 15.2. The molecule has 1 aromatic heterocycles. The zero-order chi connectivity index (χ0) is 25.4. The Morgan fingerprint density at radius 1 is 0.946 bits per heavy atom. The van der Waals surface area contributed by atoms with Crippen molar-refractivity contribution >= 4 is 28.4 Å². The molecule has 7 heteroatoms. The Morgan fingerprint density at radius 3 is 2.27 bits per heavy atom. The van der Waals surface area contributed by atoms with Gasteiger partial charge in [-0.05, 0) is 73.7 Å². The topological polar surface area (TPSA) is 81.2 Å². The van der Waals surface area contributed by atoms with E-state index in [0.717, 1.165) is 59.9 Å². The lowest BCUT2D eigenvalue weighted by Crippen LogP contribution is -2.48. The van der Waals surface area contributed by atoms with Crippen molar-refractivity contribution in [2.45, 2.75) is 38.1 Å². The highest BCUT2D eigenvalue weighted by Gasteiger charge is 2.72. The van der Waals surface area contributed by atoms with E-state index in [0.29, 0.717) is 0 Å². The molecule has 3 aliphatic rings. The highest BCUT2D eigenvalue weighted by molar-refractivity contribution is 6.04. The lowest BCUT2D eigenvalue weighted by atomic mass is 9.56. The fraction of sp³-hybridized carbons (Fsp3) is 0.300. The SMILES string of the molecule is NC(=O)C1([C@@H]2[C@H](c3ccccc3)N(c3ccc4c(cnn4-c4ccc(F)cc4)c3)C(=O)C23CCC3)CC1. The maximum absolute atomic E-state index is 14.3. The molecule has 1 aliphatic heterocycles. The van der Waals surface area contributed by atoms with Crippen LogP contribution >= 0.6 is 0 Å². The summed E-state index contributed by atoms with van der Waals surface area (Å²) in [6.45, 7) is 0. The Morgan fingerprint density at radius 2 is 1.65 bits per heavy atom. The van der Waals surface area contributed by atoms with Gasteiger partial charge in [-0.25, -0.2) is 9.07 Å². The zero-order valence-corrected chi connectivity index (χ0v) is 20.3. The summed E-state index contributed by atoms with van der Waals surface area (Å²) in [5, 5.41) is 5.41. The molecule has 2 aliphatic carbocycles. The second-order valence-electron chi connectivity index (χ2n) is 10.8. The largest absolute Gasteiger partial charge is 0.369 e. The molecular weight excluding hydrogens is 467 g/mol. The normalized spacial score (nSPS) is 23.4. The Hall–Kier alpha value is -4.00. The molecule has 2 saturated carbocycles. The molecule has 2 amide bonds. The van der Waals surface area contributed by atoms with Crippen molar-refractivity contribution in [2.75, 3.05) is 4.90 Å². The fourth-order valence-electron chi connectivity index (χ4n) is 6.94. The summed E-state index contributed by atoms with van der Waals surface area (Å²) in [6, 6.07) is 21.9. The molecule has 1 spiro atoms. The van der Waals surface area contributed by atoms with E-state index in [9.17, 15) is 14.0 Å². The molecule has 6 nitrogen and oxygen atoms in total. The van der Waals surface area contributed by atoms with Crippen molar-refractivity contribution < 1.29 is 14.0 Å². The van der Waals surface area contributed by atoms with Gasteiger partial charge >= 0.3 is 0 Å². The number of benzene rings is 3. The quantitative estimate of drug-likeness (QED) is 0.409. The lowest BCUT2D eigenvalue weighted by Gasteiger charge is -2.44. The number of nitrogens with zero attached hydrogens (tertiary/aromatic N) is 3. The van der Waals surface area contributed by atoms with Gasteiger partial charge in [-0.3, -0.25) is 9.59 Å². The van der Waals surface area contributed by atoms with Crippen molar-refractivity contribution in [3.63, 3.8) is 0 Å². The van der Waals surface area contributed by atoms with Crippen molar-refractivity contribution in [3.8, 4) is 5.69 Å². The number of primary amides is 1. The van der Waals surface area contributed by atoms with Gasteiger partial charge in [0.1, 0.15) is 5.82 Å². The minimum absolute atomic E-state index is 0.0930. The number of hydrogen-bond acceptors (Lipinski definition) is 3. The van der Waals surface area contributed by atoms with Crippen molar-refractivity contribution in [1.29, 1.82) is 0 Å². The molecule has 2 atom stereocenters. The third kappa shape index (κ3) is 3.06. The first kappa shape index (κ1) is 22.2. The third-order valence-electron chi connectivity index (χ3n) is 9.00. The van der Waals surface area contributed by atoms with Gasteiger partial charge in [0.15, 0.2) is 0 Å². The van der Waals surface area contributed by atoms with E-state index in [1.54, 1.807) is 23.0 Å². The Balaban J connectivity index is 1.37. The van der Waals surface area contributed by atoms with E-state index in [1.165, 1.54) is 12.1 Å². The Labute approximate surface area is 213 Å². The predicted molar refractivity (Wildman–Crippen MR) is 138 cm³/mol. The highest BCUT2D eigenvalue weighted by Crippen LogP contribution is 2.71. The van der Waals surface area contributed by atoms with Crippen LogP contribution < -0.4 is 10.6 Å². The number of nitrogens with two attached hydrogens (primary N) is 1. The van der Waals surface area contributed by atoms with E-state index in [4.69, 9.17) is 5.73 Å². The fourth-order valence-corrected chi connectivity index (χ4v) is 6.94. The first-order chi connectivity index (χ1) is 17.9. The molecular formula is C30H27FN4O2. The summed E-state index contributed by atoms with van der Waals surface area (Å²) in [5.74, 6) is -0.643. The van der Waals surface area contributed by atoms with Gasteiger partial charge in [0.05, 0.1) is 34.3 Å². The van der Waals surface area contributed by atoms with Gasteiger partial charge in [-0.15, -0.1) is 0 Å². The Kier molecular flexibility index (Phi) is 4.65. The summed E-state index contributed by atoms with van der Waals surface area (Å²) in [5.41, 5.74) is 8.27. The van der Waals surface area contributed by atoms with Gasteiger partial charge in [0, 0.05) is 17.0 Å². The maximum Gasteiger partial charge on any atom is 0.234 e. The number of amides is 2. The molecule has 2 heterocycles. The molecule has 1 saturated heterocycles. The second kappa shape index (κ2) is 7.75. The van der Waals surface area contributed by atoms with Gasteiger partial charge in [0.25, 0.3) is 0 Å². The van der Waals surface area contributed by atoms with E-state index < -0.39 is 10.8 Å². The maximum atomic E-state index is 14.3. The van der Waals surface area contributed by atoms with Crippen LogP contribution in [-0.4, -0.2) is 21.6 Å². The van der Waals surface area contributed by atoms with Crippen molar-refractivity contribution in [2.24, 2.45) is 22.5 Å². The highest BCUT2D eigenvalue weighted by atomic mass is 19.1. The molecule has 37 heavy (non-hydrogen) atoms. The smallest absolute Gasteiger partial charge is 0.234 e. The molecule has 0 bridgehead atoms. The number of halogens is 1. The third-order valence-corrected chi connectivity index (χ3v) is 9.00. The van der Waals surface area contributed by atoms with Crippen LogP contribution in [-0.2, 0) is 9.59 Å². The van der Waals surface area contributed by atoms with Crippen LogP contribution in [0, 0.1) is 22.6 Å². The summed E-state index contributed by atoms with van der Waals surface area (Å²) >= 11 is 0. The van der Waals surface area contributed by atoms with Gasteiger partial charge in [-0.2, -0.15) is 5.10 Å². The average Bonchev–Trinajstić information content (AvgIpc) is 3.50. The number of aromatic nitrogens is 2. The minimum Gasteiger partial charge on any atom is -0.369 e. The van der Waals surface area contributed by atoms with E-state index in [-0.39, 0.29) is 29.6 Å². The number of fused-ring (bicyclic) bond motifs is 1. The minimum atomic E-state index is -0.636. The molecule has 186 valence electrons. The van der Waals surface area contributed by atoms with Gasteiger partial charge < -0.3 is 10.6 Å². The van der Waals surface area contributed by atoms with E-state index in [2.05, 4.69) is 17.2 Å². The molecule has 2 N–H and O–H groups in total. The molecule has 4 aromatic rings. The molecule has 7 rings (SSSR count). The molecule has 3 aromatic carbocycles. The predicted octanol–water partition coefficient (Wildman–Crippen LogP) is 5.30.